The number of nitrogens with one attached hydrogen (secondary N) is 1. The molecule has 44 heavy (non-hydrogen) atoms. The first kappa shape index (κ1) is 29.3. The van der Waals surface area contributed by atoms with Crippen LogP contribution in [0.3, 0.4) is 0 Å². The molecule has 1 saturated heterocycles. The van der Waals surface area contributed by atoms with Crippen LogP contribution in [0.4, 0.5) is 11.5 Å². The highest BCUT2D eigenvalue weighted by Gasteiger charge is 2.29. The van der Waals surface area contributed by atoms with Crippen molar-refractivity contribution < 1.29 is 21.6 Å². The summed E-state index contributed by atoms with van der Waals surface area (Å²) in [6.07, 6.45) is 3.15. The van der Waals surface area contributed by atoms with Gasteiger partial charge in [0.05, 0.1) is 34.3 Å². The Bertz CT molecular complexity index is 2100. The van der Waals surface area contributed by atoms with E-state index in [1.807, 2.05) is 4.90 Å². The zero-order valence-electron chi connectivity index (χ0n) is 23.6. The number of para-hydroxylation sites is 1. The fourth-order valence-corrected chi connectivity index (χ4v) is 7.48. The Labute approximate surface area is 254 Å². The fourth-order valence-electron chi connectivity index (χ4n) is 4.97. The third-order valence-electron chi connectivity index (χ3n) is 7.30. The van der Waals surface area contributed by atoms with E-state index in [-0.39, 0.29) is 28.6 Å². The van der Waals surface area contributed by atoms with Crippen molar-refractivity contribution in [2.75, 3.05) is 42.9 Å². The first-order valence-corrected chi connectivity index (χ1v) is 16.5. The van der Waals surface area contributed by atoms with Gasteiger partial charge in [0, 0.05) is 32.4 Å². The number of fused-ring (bicyclic) bond motifs is 1. The number of hydrogen-bond acceptors (Lipinski definition) is 9. The van der Waals surface area contributed by atoms with E-state index in [9.17, 15) is 21.6 Å². The number of aromatic nitrogens is 3. The molecule has 5 aromatic rings. The lowest BCUT2D eigenvalue weighted by molar-refractivity contribution is 0.383. The zero-order valence-corrected chi connectivity index (χ0v) is 25.2. The molecule has 226 valence electrons. The Balaban J connectivity index is 1.26. The molecular formula is C30H28N6O6S2. The normalized spacial score (nSPS) is 14.4. The average Bonchev–Trinajstić information content (AvgIpc) is 3.05. The monoisotopic (exact) mass is 632 g/mol. The second kappa shape index (κ2) is 11.7. The number of pyridine rings is 1. The molecular weight excluding hydrogens is 605 g/mol. The maximum absolute atomic E-state index is 13.5. The first-order valence-electron chi connectivity index (χ1n) is 13.6. The van der Waals surface area contributed by atoms with Gasteiger partial charge in [-0.05, 0) is 60.7 Å². The summed E-state index contributed by atoms with van der Waals surface area (Å²) in [5.74, 6) is 1.10. The molecule has 1 aliphatic heterocycles. The van der Waals surface area contributed by atoms with E-state index in [1.54, 1.807) is 60.8 Å². The summed E-state index contributed by atoms with van der Waals surface area (Å²) in [6, 6.07) is 22.3. The fraction of sp³-hybridized carbons (Fsp3) is 0.167. The van der Waals surface area contributed by atoms with Crippen molar-refractivity contribution in [2.24, 2.45) is 0 Å². The van der Waals surface area contributed by atoms with Gasteiger partial charge >= 0.3 is 0 Å². The maximum atomic E-state index is 13.5. The van der Waals surface area contributed by atoms with E-state index in [0.717, 1.165) is 0 Å². The van der Waals surface area contributed by atoms with Gasteiger partial charge in [0.2, 0.25) is 10.0 Å². The Hall–Kier alpha value is -4.79. The molecule has 0 spiro atoms. The van der Waals surface area contributed by atoms with Gasteiger partial charge in [-0.15, -0.1) is 0 Å². The van der Waals surface area contributed by atoms with Gasteiger partial charge in [0.25, 0.3) is 15.6 Å². The molecule has 12 nitrogen and oxygen atoms in total. The van der Waals surface area contributed by atoms with Crippen molar-refractivity contribution in [2.45, 2.75) is 9.79 Å². The molecule has 0 bridgehead atoms. The SMILES string of the molecule is COc1ccc(S(=O)(=O)N2CCN(c3cnc4cccc(-n5cccc(NS(=O)(=O)c6ccccc6)c5=O)c4n3)CC2)cc1. The van der Waals surface area contributed by atoms with Crippen LogP contribution < -0.4 is 19.9 Å². The molecule has 0 unspecified atom stereocenters. The summed E-state index contributed by atoms with van der Waals surface area (Å²) in [5.41, 5.74) is 0.691. The van der Waals surface area contributed by atoms with Gasteiger partial charge < -0.3 is 9.64 Å². The van der Waals surface area contributed by atoms with Gasteiger partial charge in [0.15, 0.2) is 0 Å². The van der Waals surface area contributed by atoms with Gasteiger partial charge in [-0.3, -0.25) is 19.1 Å². The van der Waals surface area contributed by atoms with Crippen LogP contribution in [0.5, 0.6) is 5.75 Å². The Morgan fingerprint density at radius 1 is 0.795 bits per heavy atom. The number of nitrogens with zero attached hydrogens (tertiary/aromatic N) is 5. The van der Waals surface area contributed by atoms with Crippen LogP contribution >= 0.6 is 0 Å². The molecule has 1 aliphatic rings. The number of piperazine rings is 1. The predicted molar refractivity (Wildman–Crippen MR) is 166 cm³/mol. The van der Waals surface area contributed by atoms with E-state index in [4.69, 9.17) is 9.72 Å². The number of hydrogen-bond donors (Lipinski definition) is 1. The minimum Gasteiger partial charge on any atom is -0.497 e. The molecule has 0 amide bonds. The van der Waals surface area contributed by atoms with E-state index in [0.29, 0.717) is 41.4 Å². The van der Waals surface area contributed by atoms with Gasteiger partial charge in [-0.1, -0.05) is 24.3 Å². The highest BCUT2D eigenvalue weighted by atomic mass is 32.2. The molecule has 6 rings (SSSR count). The smallest absolute Gasteiger partial charge is 0.279 e. The van der Waals surface area contributed by atoms with Gasteiger partial charge in [-0.2, -0.15) is 4.31 Å². The number of ether oxygens (including phenoxy) is 1. The molecule has 1 N–H and O–H groups in total. The molecule has 3 heterocycles. The molecule has 14 heteroatoms. The van der Waals surface area contributed by atoms with Gasteiger partial charge in [0.1, 0.15) is 22.8 Å². The summed E-state index contributed by atoms with van der Waals surface area (Å²) >= 11 is 0. The van der Waals surface area contributed by atoms with Gasteiger partial charge in [-0.25, -0.2) is 21.8 Å². The quantitative estimate of drug-likeness (QED) is 0.273. The summed E-state index contributed by atoms with van der Waals surface area (Å²) in [7, 11) is -6.14. The van der Waals surface area contributed by atoms with Crippen LogP contribution in [-0.4, -0.2) is 69.0 Å². The lowest BCUT2D eigenvalue weighted by Gasteiger charge is -2.34. The number of methoxy groups -OCH3 is 1. The van der Waals surface area contributed by atoms with Crippen molar-refractivity contribution in [3.63, 3.8) is 0 Å². The van der Waals surface area contributed by atoms with E-state index >= 15 is 0 Å². The number of rotatable bonds is 8. The van der Waals surface area contributed by atoms with Crippen molar-refractivity contribution >= 4 is 42.6 Å². The van der Waals surface area contributed by atoms with Crippen LogP contribution in [-0.2, 0) is 20.0 Å². The second-order valence-electron chi connectivity index (χ2n) is 9.96. The summed E-state index contributed by atoms with van der Waals surface area (Å²) in [5, 5.41) is 0. The second-order valence-corrected chi connectivity index (χ2v) is 13.6. The Morgan fingerprint density at radius 2 is 1.52 bits per heavy atom. The number of benzene rings is 3. The molecule has 0 atom stereocenters. The summed E-state index contributed by atoms with van der Waals surface area (Å²) < 4.78 is 62.5. The van der Waals surface area contributed by atoms with E-state index < -0.39 is 25.6 Å². The highest BCUT2D eigenvalue weighted by molar-refractivity contribution is 7.92. The van der Waals surface area contributed by atoms with Crippen molar-refractivity contribution in [3.05, 3.63) is 108 Å². The largest absolute Gasteiger partial charge is 0.497 e. The topological polar surface area (TPSA) is 144 Å². The maximum Gasteiger partial charge on any atom is 0.279 e. The average molecular weight is 633 g/mol. The molecule has 2 aromatic heterocycles. The molecule has 0 saturated carbocycles. The van der Waals surface area contributed by atoms with Crippen LogP contribution in [0.2, 0.25) is 0 Å². The summed E-state index contributed by atoms with van der Waals surface area (Å²) in [6.45, 7) is 1.26. The van der Waals surface area contributed by atoms with Crippen molar-refractivity contribution in [1.82, 2.24) is 18.8 Å². The molecule has 0 aliphatic carbocycles. The van der Waals surface area contributed by atoms with Crippen LogP contribution in [0.15, 0.2) is 112 Å². The van der Waals surface area contributed by atoms with E-state index in [2.05, 4.69) is 9.71 Å². The lowest BCUT2D eigenvalue weighted by atomic mass is 10.2. The third kappa shape index (κ3) is 5.62. The lowest BCUT2D eigenvalue weighted by Crippen LogP contribution is -2.49. The predicted octanol–water partition coefficient (Wildman–Crippen LogP) is 3.10. The standard InChI is InChI=1S/C30H28N6O6S2/c1-42-22-12-14-24(15-13-22)44(40,41)35-19-17-34(18-20-35)28-21-31-25-9-5-11-27(29(25)32-28)36-16-6-10-26(30(36)37)33-43(38,39)23-7-3-2-4-8-23/h2-16,21,33H,17-20H2,1H3. The minimum absolute atomic E-state index is 0.0346. The summed E-state index contributed by atoms with van der Waals surface area (Å²) in [4.78, 5) is 25.0. The zero-order chi connectivity index (χ0) is 30.9. The number of sulfonamides is 2. The highest BCUT2D eigenvalue weighted by Crippen LogP contribution is 2.25. The minimum atomic E-state index is -3.99. The van der Waals surface area contributed by atoms with E-state index in [1.165, 1.54) is 52.5 Å². The first-order chi connectivity index (χ1) is 21.2. The van der Waals surface area contributed by atoms with Crippen molar-refractivity contribution in [3.8, 4) is 11.4 Å². The molecule has 1 fully saturated rings. The van der Waals surface area contributed by atoms with Crippen LogP contribution in [0.25, 0.3) is 16.7 Å². The third-order valence-corrected chi connectivity index (χ3v) is 10.6. The van der Waals surface area contributed by atoms with Crippen LogP contribution in [0, 0.1) is 0 Å². The number of anilines is 2. The Morgan fingerprint density at radius 3 is 2.23 bits per heavy atom. The Kier molecular flexibility index (Phi) is 7.80. The van der Waals surface area contributed by atoms with Crippen LogP contribution in [0.1, 0.15) is 0 Å². The molecule has 0 radical (unpaired) electrons. The van der Waals surface area contributed by atoms with Crippen molar-refractivity contribution in [1.29, 1.82) is 0 Å². The molecule has 3 aromatic carbocycles.